The molecule has 1 aromatic carbocycles. The van der Waals surface area contributed by atoms with Crippen molar-refractivity contribution in [3.63, 3.8) is 0 Å². The lowest BCUT2D eigenvalue weighted by atomic mass is 9.77. The molecule has 1 N–H and O–H groups in total. The van der Waals surface area contributed by atoms with Gasteiger partial charge in [-0.2, -0.15) is 17.6 Å². The molecule has 0 spiro atoms. The van der Waals surface area contributed by atoms with E-state index >= 15 is 0 Å². The van der Waals surface area contributed by atoms with Gasteiger partial charge in [-0.15, -0.1) is 0 Å². The number of nitro benzene ring substituents is 1. The van der Waals surface area contributed by atoms with Crippen LogP contribution in [0.4, 0.5) is 18.9 Å². The second-order valence-corrected chi connectivity index (χ2v) is 14.9. The summed E-state index contributed by atoms with van der Waals surface area (Å²) in [5.41, 5.74) is -4.14. The molecule has 13 nitrogen and oxygen atoms in total. The van der Waals surface area contributed by atoms with Crippen molar-refractivity contribution in [2.75, 3.05) is 10.7 Å². The Morgan fingerprint density at radius 2 is 1.91 bits per heavy atom. The smallest absolute Gasteiger partial charge is 0.485 e. The van der Waals surface area contributed by atoms with Gasteiger partial charge in [-0.1, -0.05) is 52.6 Å². The van der Waals surface area contributed by atoms with E-state index in [0.717, 1.165) is 37.7 Å². The molecule has 3 aromatic rings. The normalized spacial score (nSPS) is 20.1. The number of aryl methyl sites for hydroxylation is 1. The molecule has 0 bridgehead atoms. The van der Waals surface area contributed by atoms with Crippen LogP contribution in [-0.4, -0.2) is 72.5 Å². The van der Waals surface area contributed by atoms with Gasteiger partial charge in [0.1, 0.15) is 18.5 Å². The van der Waals surface area contributed by atoms with Gasteiger partial charge in [0.2, 0.25) is 15.8 Å². The molecule has 256 valence electrons. The molecule has 0 radical (unpaired) electrons. The van der Waals surface area contributed by atoms with Gasteiger partial charge in [-0.05, 0) is 37.3 Å². The third kappa shape index (κ3) is 7.46. The predicted octanol–water partition coefficient (Wildman–Crippen LogP) is 4.11. The average Bonchev–Trinajstić information content (AvgIpc) is 3.60. The number of carbonyl (C=O) groups excluding carboxylic acids is 2. The lowest BCUT2D eigenvalue weighted by Gasteiger charge is -2.46. The number of nitro groups is 1. The molecule has 2 aliphatic heterocycles. The standard InChI is InChI=1S/C26H28IN4O6S2.CHF3O3S/c1-14-19(18-11-29-13-28(10-4-9-27)24(38-3)25(29)39-18)22(30-21(14)20(15(2)32)23(30)33)26(34)37-12-16-5-7-17(8-6-16)31(35)36;2-1(3,4)8(5,6)7/h5-8,11,13-15,20-21,32H,4,9-10,12H2,1-3H3;(H,5,6,7)/q+1;/p-1/t14-,15+,20+,21+;/m0./s1. The van der Waals surface area contributed by atoms with Gasteiger partial charge in [-0.3, -0.25) is 14.9 Å². The maximum Gasteiger partial charge on any atom is 0.485 e. The zero-order valence-electron chi connectivity index (χ0n) is 24.8. The number of hydrogen-bond donors (Lipinski definition) is 1. The lowest BCUT2D eigenvalue weighted by Crippen LogP contribution is -2.63. The number of thioether (sulfide) groups is 1. The van der Waals surface area contributed by atoms with Crippen LogP contribution in [0.5, 0.6) is 0 Å². The topological polar surface area (TPSA) is 175 Å². The van der Waals surface area contributed by atoms with Crippen LogP contribution in [0.25, 0.3) is 10.4 Å². The number of nitrogens with zero attached hydrogens (tertiary/aromatic N) is 4. The number of aliphatic hydroxyl groups excluding tert-OH is 1. The summed E-state index contributed by atoms with van der Waals surface area (Å²) in [7, 11) is -6.09. The largest absolute Gasteiger partial charge is 0.741 e. The Kier molecular flexibility index (Phi) is 11.3. The summed E-state index contributed by atoms with van der Waals surface area (Å²) in [6.45, 7) is 4.42. The Morgan fingerprint density at radius 1 is 1.30 bits per heavy atom. The fraction of sp³-hybridized carbons (Fsp3) is 0.444. The van der Waals surface area contributed by atoms with Gasteiger partial charge in [0.15, 0.2) is 10.1 Å². The summed E-state index contributed by atoms with van der Waals surface area (Å²) in [5.74, 6) is -1.69. The van der Waals surface area contributed by atoms with Crippen LogP contribution in [-0.2, 0) is 37.6 Å². The average molecular weight is 833 g/mol. The van der Waals surface area contributed by atoms with Crippen LogP contribution in [0.2, 0.25) is 0 Å². The number of thiazole rings is 1. The molecule has 2 aliphatic rings. The minimum atomic E-state index is -6.09. The number of aliphatic hydroxyl groups is 1. The van der Waals surface area contributed by atoms with E-state index in [0.29, 0.717) is 5.56 Å². The number of halogens is 4. The molecular weight excluding hydrogens is 804 g/mol. The number of ether oxygens (including phenoxy) is 1. The molecule has 1 fully saturated rings. The number of aromatic nitrogens is 2. The van der Waals surface area contributed by atoms with Crippen molar-refractivity contribution in [3.8, 4) is 0 Å². The number of fused-ring (bicyclic) bond motifs is 2. The van der Waals surface area contributed by atoms with Crippen LogP contribution in [0.15, 0.2) is 47.5 Å². The Labute approximate surface area is 288 Å². The molecule has 20 heteroatoms. The quantitative estimate of drug-likeness (QED) is 0.0299. The molecule has 0 saturated carbocycles. The van der Waals surface area contributed by atoms with Gasteiger partial charge in [0.05, 0.1) is 34.4 Å². The minimum Gasteiger partial charge on any atom is -0.741 e. The van der Waals surface area contributed by atoms with Gasteiger partial charge >= 0.3 is 11.5 Å². The molecule has 4 heterocycles. The van der Waals surface area contributed by atoms with E-state index < -0.39 is 38.5 Å². The number of benzene rings is 1. The first-order valence-corrected chi connectivity index (χ1v) is 18.7. The van der Waals surface area contributed by atoms with Crippen molar-refractivity contribution in [1.82, 2.24) is 9.30 Å². The van der Waals surface area contributed by atoms with Crippen LogP contribution in [0.1, 0.15) is 30.7 Å². The molecule has 0 aliphatic carbocycles. The molecule has 47 heavy (non-hydrogen) atoms. The van der Waals surface area contributed by atoms with Crippen LogP contribution in [0, 0.1) is 22.0 Å². The highest BCUT2D eigenvalue weighted by molar-refractivity contribution is 14.1. The number of alkyl halides is 4. The zero-order chi connectivity index (χ0) is 35.0. The molecule has 4 atom stereocenters. The van der Waals surface area contributed by atoms with Gasteiger partial charge in [0.25, 0.3) is 12.0 Å². The number of non-ortho nitro benzene ring substituents is 1. The molecule has 1 amide bonds. The third-order valence-electron chi connectivity index (χ3n) is 7.56. The predicted molar refractivity (Wildman–Crippen MR) is 171 cm³/mol. The maximum absolute atomic E-state index is 13.5. The van der Waals surface area contributed by atoms with E-state index in [1.807, 2.05) is 19.4 Å². The minimum absolute atomic E-state index is 0.0489. The van der Waals surface area contributed by atoms with Crippen LogP contribution < -0.4 is 4.57 Å². The second-order valence-electron chi connectivity index (χ2n) is 10.6. The van der Waals surface area contributed by atoms with Crippen molar-refractivity contribution >= 4 is 83.8 Å². The lowest BCUT2D eigenvalue weighted by molar-refractivity contribution is -0.729. The summed E-state index contributed by atoms with van der Waals surface area (Å²) in [4.78, 5) is 40.5. The van der Waals surface area contributed by atoms with Gasteiger partial charge < -0.3 is 19.3 Å². The first-order chi connectivity index (χ1) is 21.9. The van der Waals surface area contributed by atoms with Gasteiger partial charge in [-0.25, -0.2) is 17.8 Å². The van der Waals surface area contributed by atoms with Crippen molar-refractivity contribution in [2.45, 2.75) is 56.1 Å². The van der Waals surface area contributed by atoms with E-state index in [2.05, 4.69) is 37.9 Å². The molecular formula is C27H28F3IN4O9S3. The summed E-state index contributed by atoms with van der Waals surface area (Å²) >= 11 is 5.63. The summed E-state index contributed by atoms with van der Waals surface area (Å²) in [6.07, 6.45) is 6.35. The van der Waals surface area contributed by atoms with E-state index in [9.17, 15) is 38.0 Å². The van der Waals surface area contributed by atoms with E-state index in [-0.39, 0.29) is 35.9 Å². The van der Waals surface area contributed by atoms with Crippen LogP contribution >= 0.6 is 45.7 Å². The fourth-order valence-corrected chi connectivity index (χ4v) is 8.01. The van der Waals surface area contributed by atoms with Gasteiger partial charge in [0, 0.05) is 28.1 Å². The number of amides is 1. The summed E-state index contributed by atoms with van der Waals surface area (Å²) in [5, 5.41) is 22.4. The Bertz CT molecular complexity index is 1830. The van der Waals surface area contributed by atoms with Crippen molar-refractivity contribution in [1.29, 1.82) is 0 Å². The Hall–Kier alpha value is -2.79. The fourth-order valence-electron chi connectivity index (χ4n) is 5.47. The Morgan fingerprint density at radius 3 is 2.43 bits per heavy atom. The number of hydrogen-bond acceptors (Lipinski definition) is 11. The number of esters is 1. The molecule has 1 saturated heterocycles. The number of carbonyl (C=O) groups is 2. The number of rotatable bonds is 10. The van der Waals surface area contributed by atoms with Crippen molar-refractivity contribution in [2.24, 2.45) is 11.8 Å². The molecule has 2 aromatic heterocycles. The number of imidazole rings is 1. The van der Waals surface area contributed by atoms with Crippen LogP contribution in [0.3, 0.4) is 0 Å². The summed E-state index contributed by atoms with van der Waals surface area (Å²) in [6, 6.07) is 5.47. The van der Waals surface area contributed by atoms with Crippen molar-refractivity contribution in [3.05, 3.63) is 63.0 Å². The monoisotopic (exact) mass is 832 g/mol. The second kappa shape index (κ2) is 14.4. The van der Waals surface area contributed by atoms with E-state index in [4.69, 9.17) is 17.7 Å². The maximum atomic E-state index is 13.5. The first-order valence-electron chi connectivity index (χ1n) is 13.7. The highest BCUT2D eigenvalue weighted by Crippen LogP contribution is 2.52. The zero-order valence-corrected chi connectivity index (χ0v) is 29.4. The SMILES string of the molecule is CSc1c2sc(C3=C(C(=O)OCc4ccc([N+](=O)[O-])cc4)N4C(=O)[C@H]([C@@H](C)O)[C@H]4[C@H]3C)cn2c[n+]1CCCI.O=S(=O)([O-])C(F)(F)F. The summed E-state index contributed by atoms with van der Waals surface area (Å²) < 4.78 is 69.9. The van der Waals surface area contributed by atoms with Crippen molar-refractivity contribution < 1.29 is 55.1 Å². The van der Waals surface area contributed by atoms with E-state index in [1.54, 1.807) is 42.2 Å². The van der Waals surface area contributed by atoms with E-state index in [1.165, 1.54) is 17.0 Å². The number of β-lactam (4-membered cyclic amide) rings is 1. The highest BCUT2D eigenvalue weighted by atomic mass is 127. The highest BCUT2D eigenvalue weighted by Gasteiger charge is 2.60. The third-order valence-corrected chi connectivity index (χ3v) is 11.0. The molecule has 0 unspecified atom stereocenters. The molecule has 5 rings (SSSR count). The Balaban J connectivity index is 0.000000555. The first kappa shape index (κ1) is 37.0.